The molecule has 0 aliphatic heterocycles. The molecule has 0 aromatic heterocycles. The third-order valence-electron chi connectivity index (χ3n) is 1.84. The van der Waals surface area contributed by atoms with E-state index in [2.05, 4.69) is 10.3 Å². The molecule has 0 heterocycles. The van der Waals surface area contributed by atoms with Crippen LogP contribution >= 0.6 is 0 Å². The lowest BCUT2D eigenvalue weighted by Crippen LogP contribution is -2.28. The lowest BCUT2D eigenvalue weighted by molar-refractivity contribution is 0.735. The SMILES string of the molecule is CC(C)NC(/C=C/c1ccccc1)=N/C#N. The van der Waals surface area contributed by atoms with E-state index in [4.69, 9.17) is 5.26 Å². The van der Waals surface area contributed by atoms with Crippen LogP contribution in [-0.2, 0) is 0 Å². The molecule has 0 saturated carbocycles. The van der Waals surface area contributed by atoms with E-state index in [-0.39, 0.29) is 6.04 Å². The summed E-state index contributed by atoms with van der Waals surface area (Å²) in [5, 5.41) is 11.6. The topological polar surface area (TPSA) is 48.2 Å². The van der Waals surface area contributed by atoms with Crippen molar-refractivity contribution in [3.8, 4) is 6.19 Å². The van der Waals surface area contributed by atoms with Crippen molar-refractivity contribution in [2.24, 2.45) is 4.99 Å². The van der Waals surface area contributed by atoms with Gasteiger partial charge in [0.05, 0.1) is 0 Å². The highest BCUT2D eigenvalue weighted by Gasteiger charge is 1.96. The average Bonchev–Trinajstić information content (AvgIpc) is 2.27. The second kappa shape index (κ2) is 6.41. The average molecular weight is 213 g/mol. The van der Waals surface area contributed by atoms with Gasteiger partial charge in [-0.1, -0.05) is 36.4 Å². The molecule has 1 aromatic rings. The van der Waals surface area contributed by atoms with Gasteiger partial charge in [-0.25, -0.2) is 0 Å². The van der Waals surface area contributed by atoms with Gasteiger partial charge in [0.15, 0.2) is 0 Å². The zero-order chi connectivity index (χ0) is 11.8. The van der Waals surface area contributed by atoms with E-state index >= 15 is 0 Å². The highest BCUT2D eigenvalue weighted by Crippen LogP contribution is 2.00. The van der Waals surface area contributed by atoms with Gasteiger partial charge in [0.2, 0.25) is 6.19 Å². The van der Waals surface area contributed by atoms with E-state index in [9.17, 15) is 0 Å². The lowest BCUT2D eigenvalue weighted by Gasteiger charge is -2.07. The van der Waals surface area contributed by atoms with Crippen LogP contribution in [0.2, 0.25) is 0 Å². The summed E-state index contributed by atoms with van der Waals surface area (Å²) in [6.07, 6.45) is 5.51. The number of hydrogen-bond acceptors (Lipinski definition) is 2. The quantitative estimate of drug-likeness (QED) is 0.476. The molecule has 0 saturated heterocycles. The monoisotopic (exact) mass is 213 g/mol. The van der Waals surface area contributed by atoms with Gasteiger partial charge >= 0.3 is 0 Å². The third-order valence-corrected chi connectivity index (χ3v) is 1.84. The number of nitrogens with zero attached hydrogens (tertiary/aromatic N) is 2. The van der Waals surface area contributed by atoms with Crippen molar-refractivity contribution in [3.63, 3.8) is 0 Å². The molecule has 0 fully saturated rings. The maximum absolute atomic E-state index is 8.54. The van der Waals surface area contributed by atoms with Gasteiger partial charge in [0.1, 0.15) is 5.84 Å². The number of nitriles is 1. The van der Waals surface area contributed by atoms with Gasteiger partial charge in [-0.3, -0.25) is 0 Å². The summed E-state index contributed by atoms with van der Waals surface area (Å²) >= 11 is 0. The molecule has 0 unspecified atom stereocenters. The molecule has 0 aliphatic carbocycles. The Morgan fingerprint density at radius 1 is 1.38 bits per heavy atom. The van der Waals surface area contributed by atoms with Crippen molar-refractivity contribution in [3.05, 3.63) is 42.0 Å². The van der Waals surface area contributed by atoms with E-state index in [1.54, 1.807) is 12.3 Å². The summed E-state index contributed by atoms with van der Waals surface area (Å²) in [5.74, 6) is 0.585. The zero-order valence-corrected chi connectivity index (χ0v) is 9.51. The smallest absolute Gasteiger partial charge is 0.207 e. The Balaban J connectivity index is 2.73. The Labute approximate surface area is 96.1 Å². The fraction of sp³-hybridized carbons (Fsp3) is 0.231. The van der Waals surface area contributed by atoms with Crippen LogP contribution < -0.4 is 5.32 Å². The molecule has 0 spiro atoms. The molecular weight excluding hydrogens is 198 g/mol. The maximum Gasteiger partial charge on any atom is 0.207 e. The molecule has 3 nitrogen and oxygen atoms in total. The standard InChI is InChI=1S/C13H15N3/c1-11(2)16-13(15-10-14)9-8-12-6-4-3-5-7-12/h3-9,11H,1-2H3,(H,15,16)/b9-8+. The van der Waals surface area contributed by atoms with E-state index in [1.165, 1.54) is 0 Å². The highest BCUT2D eigenvalue weighted by molar-refractivity contribution is 5.97. The molecule has 0 atom stereocenters. The van der Waals surface area contributed by atoms with Crippen molar-refractivity contribution < 1.29 is 0 Å². The van der Waals surface area contributed by atoms with Crippen molar-refractivity contribution >= 4 is 11.9 Å². The minimum atomic E-state index is 0.257. The maximum atomic E-state index is 8.54. The summed E-state index contributed by atoms with van der Waals surface area (Å²) in [5.41, 5.74) is 1.08. The van der Waals surface area contributed by atoms with Crippen molar-refractivity contribution in [1.82, 2.24) is 5.32 Å². The van der Waals surface area contributed by atoms with Crippen LogP contribution in [-0.4, -0.2) is 11.9 Å². The largest absolute Gasteiger partial charge is 0.367 e. The molecule has 3 heteroatoms. The molecule has 16 heavy (non-hydrogen) atoms. The van der Waals surface area contributed by atoms with Crippen LogP contribution in [0.4, 0.5) is 0 Å². The Morgan fingerprint density at radius 3 is 2.62 bits per heavy atom. The first-order valence-electron chi connectivity index (χ1n) is 5.19. The molecule has 1 N–H and O–H groups in total. The van der Waals surface area contributed by atoms with Gasteiger partial charge in [0.25, 0.3) is 0 Å². The fourth-order valence-electron chi connectivity index (χ4n) is 1.21. The van der Waals surface area contributed by atoms with E-state index in [0.717, 1.165) is 5.56 Å². The number of amidine groups is 1. The summed E-state index contributed by atoms with van der Waals surface area (Å²) in [6, 6.07) is 10.2. The number of nitrogens with one attached hydrogen (secondary N) is 1. The van der Waals surface area contributed by atoms with E-state index < -0.39 is 0 Å². The van der Waals surface area contributed by atoms with Crippen LogP contribution in [0.3, 0.4) is 0 Å². The van der Waals surface area contributed by atoms with E-state index in [1.807, 2.05) is 50.3 Å². The first-order chi connectivity index (χ1) is 7.72. The molecule has 1 rings (SSSR count). The normalized spacial score (nSPS) is 11.8. The van der Waals surface area contributed by atoms with Crippen LogP contribution in [0, 0.1) is 11.5 Å². The molecular formula is C13H15N3. The van der Waals surface area contributed by atoms with Gasteiger partial charge in [0, 0.05) is 6.04 Å². The summed E-state index contributed by atoms with van der Waals surface area (Å²) in [4.78, 5) is 3.70. The second-order valence-electron chi connectivity index (χ2n) is 3.64. The number of aliphatic imine (C=N–C) groups is 1. The summed E-state index contributed by atoms with van der Waals surface area (Å²) < 4.78 is 0. The van der Waals surface area contributed by atoms with Gasteiger partial charge in [-0.15, -0.1) is 0 Å². The lowest BCUT2D eigenvalue weighted by atomic mass is 10.2. The van der Waals surface area contributed by atoms with Crippen LogP contribution in [0.25, 0.3) is 6.08 Å². The Bertz CT molecular complexity index is 411. The minimum absolute atomic E-state index is 0.257. The summed E-state index contributed by atoms with van der Waals surface area (Å²) in [6.45, 7) is 4.01. The molecule has 0 aliphatic rings. The molecule has 82 valence electrons. The zero-order valence-electron chi connectivity index (χ0n) is 9.51. The first kappa shape index (κ1) is 12.0. The van der Waals surface area contributed by atoms with Crippen molar-refractivity contribution in [2.75, 3.05) is 0 Å². The summed E-state index contributed by atoms with van der Waals surface area (Å²) in [7, 11) is 0. The fourth-order valence-corrected chi connectivity index (χ4v) is 1.21. The van der Waals surface area contributed by atoms with Crippen molar-refractivity contribution in [1.29, 1.82) is 5.26 Å². The predicted octanol–water partition coefficient (Wildman–Crippen LogP) is 2.58. The second-order valence-corrected chi connectivity index (χ2v) is 3.64. The van der Waals surface area contributed by atoms with E-state index in [0.29, 0.717) is 5.84 Å². The van der Waals surface area contributed by atoms with Crippen molar-refractivity contribution in [2.45, 2.75) is 19.9 Å². The molecule has 0 radical (unpaired) electrons. The third kappa shape index (κ3) is 4.43. The van der Waals surface area contributed by atoms with Gasteiger partial charge < -0.3 is 5.32 Å². The van der Waals surface area contributed by atoms with Gasteiger partial charge in [-0.2, -0.15) is 10.3 Å². The number of hydrogen-bond donors (Lipinski definition) is 1. The van der Waals surface area contributed by atoms with Crippen LogP contribution in [0.5, 0.6) is 0 Å². The van der Waals surface area contributed by atoms with Gasteiger partial charge in [-0.05, 0) is 25.5 Å². The predicted molar refractivity (Wildman–Crippen MR) is 66.8 cm³/mol. The number of benzene rings is 1. The van der Waals surface area contributed by atoms with Crippen LogP contribution in [0.1, 0.15) is 19.4 Å². The minimum Gasteiger partial charge on any atom is -0.367 e. The Kier molecular flexibility index (Phi) is 4.81. The Hall–Kier alpha value is -2.08. The molecule has 0 bridgehead atoms. The Morgan fingerprint density at radius 2 is 2.06 bits per heavy atom. The molecule has 0 amide bonds. The highest BCUT2D eigenvalue weighted by atomic mass is 15.0. The number of rotatable bonds is 3. The van der Waals surface area contributed by atoms with Crippen LogP contribution in [0.15, 0.2) is 41.4 Å². The molecule has 1 aromatic carbocycles. The first-order valence-corrected chi connectivity index (χ1v) is 5.19.